The van der Waals surface area contributed by atoms with E-state index in [0.717, 1.165) is 22.8 Å². The molecule has 21 heavy (non-hydrogen) atoms. The van der Waals surface area contributed by atoms with Gasteiger partial charge < -0.3 is 0 Å². The third-order valence-corrected chi connectivity index (χ3v) is 3.58. The maximum absolute atomic E-state index is 14.0. The standard InChI is InChI=1S/C14H7Cl2F3N2/c15-6-13-20-11-4-7(16)10(19)5-12(11)21(13)14-8(17)2-1-3-9(14)18/h1-5H,6H2. The Morgan fingerprint density at radius 1 is 1.05 bits per heavy atom. The fourth-order valence-electron chi connectivity index (χ4n) is 2.16. The van der Waals surface area contributed by atoms with Crippen molar-refractivity contribution in [2.75, 3.05) is 0 Å². The lowest BCUT2D eigenvalue weighted by Gasteiger charge is -2.10. The van der Waals surface area contributed by atoms with E-state index < -0.39 is 17.5 Å². The number of nitrogens with zero attached hydrogens (tertiary/aromatic N) is 2. The van der Waals surface area contributed by atoms with E-state index in [1.807, 2.05) is 0 Å². The van der Waals surface area contributed by atoms with Gasteiger partial charge >= 0.3 is 0 Å². The highest BCUT2D eigenvalue weighted by molar-refractivity contribution is 6.31. The number of hydrogen-bond donors (Lipinski definition) is 0. The number of imidazole rings is 1. The number of rotatable bonds is 2. The third kappa shape index (κ3) is 2.26. The summed E-state index contributed by atoms with van der Waals surface area (Å²) in [4.78, 5) is 4.14. The summed E-state index contributed by atoms with van der Waals surface area (Å²) >= 11 is 11.5. The second-order valence-corrected chi connectivity index (χ2v) is 5.00. The van der Waals surface area contributed by atoms with E-state index in [1.54, 1.807) is 0 Å². The van der Waals surface area contributed by atoms with Gasteiger partial charge in [0.1, 0.15) is 29.0 Å². The van der Waals surface area contributed by atoms with Crippen molar-refractivity contribution in [3.05, 3.63) is 58.6 Å². The molecule has 2 nitrogen and oxygen atoms in total. The summed E-state index contributed by atoms with van der Waals surface area (Å²) in [5.74, 6) is -2.20. The maximum atomic E-state index is 14.0. The minimum Gasteiger partial charge on any atom is -0.290 e. The highest BCUT2D eigenvalue weighted by atomic mass is 35.5. The van der Waals surface area contributed by atoms with Crippen LogP contribution in [0.5, 0.6) is 0 Å². The topological polar surface area (TPSA) is 17.8 Å². The number of fused-ring (bicyclic) bond motifs is 1. The number of benzene rings is 2. The van der Waals surface area contributed by atoms with E-state index in [1.165, 1.54) is 12.1 Å². The van der Waals surface area contributed by atoms with Crippen molar-refractivity contribution < 1.29 is 13.2 Å². The van der Waals surface area contributed by atoms with Crippen molar-refractivity contribution in [3.8, 4) is 5.69 Å². The maximum Gasteiger partial charge on any atom is 0.150 e. The Morgan fingerprint density at radius 3 is 2.33 bits per heavy atom. The van der Waals surface area contributed by atoms with Crippen LogP contribution in [0.25, 0.3) is 16.7 Å². The van der Waals surface area contributed by atoms with Crippen molar-refractivity contribution in [2.24, 2.45) is 0 Å². The Bertz CT molecular complexity index is 826. The SMILES string of the molecule is Fc1cc2c(cc1Cl)nc(CCl)n2-c1c(F)cccc1F. The van der Waals surface area contributed by atoms with Gasteiger partial charge in [0.15, 0.2) is 0 Å². The molecule has 1 aromatic heterocycles. The zero-order valence-electron chi connectivity index (χ0n) is 10.4. The molecule has 0 atom stereocenters. The second-order valence-electron chi connectivity index (χ2n) is 4.32. The fraction of sp³-hybridized carbons (Fsp3) is 0.0714. The monoisotopic (exact) mass is 330 g/mol. The molecule has 3 aromatic rings. The first-order chi connectivity index (χ1) is 10.0. The van der Waals surface area contributed by atoms with E-state index in [2.05, 4.69) is 4.98 Å². The van der Waals surface area contributed by atoms with E-state index in [4.69, 9.17) is 23.2 Å². The van der Waals surface area contributed by atoms with Crippen LogP contribution in [-0.2, 0) is 5.88 Å². The van der Waals surface area contributed by atoms with Crippen molar-refractivity contribution in [2.45, 2.75) is 5.88 Å². The van der Waals surface area contributed by atoms with E-state index in [9.17, 15) is 13.2 Å². The third-order valence-electron chi connectivity index (χ3n) is 3.05. The number of halogens is 5. The van der Waals surface area contributed by atoms with E-state index in [-0.39, 0.29) is 27.9 Å². The summed E-state index contributed by atoms with van der Waals surface area (Å²) < 4.78 is 42.8. The quantitative estimate of drug-likeness (QED) is 0.615. The van der Waals surface area contributed by atoms with Gasteiger partial charge in [0.25, 0.3) is 0 Å². The summed E-state index contributed by atoms with van der Waals surface area (Å²) in [6.07, 6.45) is 0. The lowest BCUT2D eigenvalue weighted by molar-refractivity contribution is 0.568. The number of hydrogen-bond acceptors (Lipinski definition) is 1. The van der Waals surface area contributed by atoms with Gasteiger partial charge in [0.2, 0.25) is 0 Å². The lowest BCUT2D eigenvalue weighted by Crippen LogP contribution is -2.05. The normalized spacial score (nSPS) is 11.3. The van der Waals surface area contributed by atoms with Gasteiger partial charge in [-0.05, 0) is 18.2 Å². The predicted molar refractivity (Wildman–Crippen MR) is 75.5 cm³/mol. The van der Waals surface area contributed by atoms with Crippen LogP contribution in [0.4, 0.5) is 13.2 Å². The van der Waals surface area contributed by atoms with Crippen LogP contribution in [0, 0.1) is 17.5 Å². The average Bonchev–Trinajstić information content (AvgIpc) is 2.77. The van der Waals surface area contributed by atoms with Crippen LogP contribution in [0.15, 0.2) is 30.3 Å². The molecule has 0 saturated heterocycles. The number of aromatic nitrogens is 2. The molecular formula is C14H7Cl2F3N2. The minimum absolute atomic E-state index is 0.0955. The summed E-state index contributed by atoms with van der Waals surface area (Å²) in [7, 11) is 0. The van der Waals surface area contributed by atoms with Gasteiger partial charge in [-0.2, -0.15) is 0 Å². The zero-order chi connectivity index (χ0) is 15.1. The second kappa shape index (κ2) is 5.24. The molecule has 0 fully saturated rings. The molecule has 0 aliphatic carbocycles. The molecule has 0 unspecified atom stereocenters. The molecule has 0 N–H and O–H groups in total. The van der Waals surface area contributed by atoms with Gasteiger partial charge in [-0.15, -0.1) is 11.6 Å². The molecule has 7 heteroatoms. The molecule has 0 aliphatic heterocycles. The minimum atomic E-state index is -0.795. The van der Waals surface area contributed by atoms with Crippen LogP contribution in [0.1, 0.15) is 5.82 Å². The fourth-order valence-corrected chi connectivity index (χ4v) is 2.50. The van der Waals surface area contributed by atoms with Crippen LogP contribution < -0.4 is 0 Å². The molecule has 0 bridgehead atoms. The molecule has 0 radical (unpaired) electrons. The average molecular weight is 331 g/mol. The number of para-hydroxylation sites is 1. The molecule has 0 amide bonds. The van der Waals surface area contributed by atoms with Gasteiger partial charge in [-0.1, -0.05) is 17.7 Å². The molecule has 0 spiro atoms. The Hall–Kier alpha value is -1.72. The Balaban J connectivity index is 2.43. The zero-order valence-corrected chi connectivity index (χ0v) is 11.9. The molecular weight excluding hydrogens is 324 g/mol. The molecule has 108 valence electrons. The molecule has 0 saturated carbocycles. The first-order valence-corrected chi connectivity index (χ1v) is 6.81. The molecule has 3 rings (SSSR count). The highest BCUT2D eigenvalue weighted by Crippen LogP contribution is 2.29. The Morgan fingerprint density at radius 2 is 1.71 bits per heavy atom. The summed E-state index contributed by atoms with van der Waals surface area (Å²) in [6.45, 7) is 0. The van der Waals surface area contributed by atoms with Crippen molar-refractivity contribution in [1.82, 2.24) is 9.55 Å². The van der Waals surface area contributed by atoms with E-state index >= 15 is 0 Å². The van der Waals surface area contributed by atoms with Crippen LogP contribution >= 0.6 is 23.2 Å². The Kier molecular flexibility index (Phi) is 3.55. The van der Waals surface area contributed by atoms with E-state index in [0.29, 0.717) is 5.52 Å². The molecule has 0 aliphatic rings. The van der Waals surface area contributed by atoms with Gasteiger partial charge in [0, 0.05) is 6.07 Å². The molecule has 1 heterocycles. The van der Waals surface area contributed by atoms with Gasteiger partial charge in [0.05, 0.1) is 21.9 Å². The summed E-state index contributed by atoms with van der Waals surface area (Å²) in [5.41, 5.74) is 0.147. The smallest absolute Gasteiger partial charge is 0.150 e. The summed E-state index contributed by atoms with van der Waals surface area (Å²) in [5, 5.41) is -0.123. The molecule has 2 aromatic carbocycles. The van der Waals surface area contributed by atoms with Crippen molar-refractivity contribution in [1.29, 1.82) is 0 Å². The first kappa shape index (κ1) is 14.2. The Labute approximate surface area is 127 Å². The number of alkyl halides is 1. The van der Waals surface area contributed by atoms with Crippen molar-refractivity contribution in [3.63, 3.8) is 0 Å². The highest BCUT2D eigenvalue weighted by Gasteiger charge is 2.19. The van der Waals surface area contributed by atoms with Crippen LogP contribution in [0.2, 0.25) is 5.02 Å². The van der Waals surface area contributed by atoms with Crippen molar-refractivity contribution >= 4 is 34.2 Å². The largest absolute Gasteiger partial charge is 0.290 e. The van der Waals surface area contributed by atoms with Crippen LogP contribution in [0.3, 0.4) is 0 Å². The van der Waals surface area contributed by atoms with Crippen LogP contribution in [-0.4, -0.2) is 9.55 Å². The lowest BCUT2D eigenvalue weighted by atomic mass is 10.2. The van der Waals surface area contributed by atoms with Gasteiger partial charge in [-0.25, -0.2) is 18.2 Å². The predicted octanol–water partition coefficient (Wildman–Crippen LogP) is 4.84. The first-order valence-electron chi connectivity index (χ1n) is 5.89. The van der Waals surface area contributed by atoms with Gasteiger partial charge in [-0.3, -0.25) is 4.57 Å². The summed E-state index contributed by atoms with van der Waals surface area (Å²) in [6, 6.07) is 5.82.